The average molecular weight is 374 g/mol. The number of halogens is 2. The fraction of sp³-hybridized carbons (Fsp3) is 0.158. The Balaban J connectivity index is 1.57. The quantitative estimate of drug-likeness (QED) is 0.847. The number of carbonyl (C=O) groups excluding carboxylic acids is 2. The van der Waals surface area contributed by atoms with Gasteiger partial charge in [0, 0.05) is 18.0 Å². The van der Waals surface area contributed by atoms with Gasteiger partial charge < -0.3 is 5.32 Å². The van der Waals surface area contributed by atoms with Crippen LogP contribution in [-0.4, -0.2) is 23.4 Å². The first-order chi connectivity index (χ1) is 12.5. The van der Waals surface area contributed by atoms with Crippen LogP contribution in [0.15, 0.2) is 54.6 Å². The van der Waals surface area contributed by atoms with Gasteiger partial charge >= 0.3 is 0 Å². The number of amides is 2. The Morgan fingerprint density at radius 2 is 1.85 bits per heavy atom. The first-order valence-corrected chi connectivity index (χ1v) is 8.43. The van der Waals surface area contributed by atoms with Crippen LogP contribution in [0.3, 0.4) is 0 Å². The molecule has 1 aliphatic heterocycles. The highest BCUT2D eigenvalue weighted by molar-refractivity contribution is 6.30. The number of nitrogens with zero attached hydrogens (tertiary/aromatic N) is 1. The van der Waals surface area contributed by atoms with Gasteiger partial charge in [-0.25, -0.2) is 9.40 Å². The summed E-state index contributed by atoms with van der Waals surface area (Å²) in [4.78, 5) is 24.2. The van der Waals surface area contributed by atoms with E-state index >= 15 is 0 Å². The van der Waals surface area contributed by atoms with Gasteiger partial charge in [-0.3, -0.25) is 15.0 Å². The minimum absolute atomic E-state index is 0.120. The van der Waals surface area contributed by atoms with E-state index in [4.69, 9.17) is 11.6 Å². The van der Waals surface area contributed by atoms with Gasteiger partial charge in [-0.15, -0.1) is 0 Å². The van der Waals surface area contributed by atoms with Crippen LogP contribution in [0.2, 0.25) is 5.02 Å². The summed E-state index contributed by atoms with van der Waals surface area (Å²) in [6.07, 6.45) is 1.98. The fourth-order valence-corrected chi connectivity index (χ4v) is 2.62. The van der Waals surface area contributed by atoms with Crippen LogP contribution in [0.1, 0.15) is 17.5 Å². The lowest BCUT2D eigenvalue weighted by atomic mass is 10.1. The topological polar surface area (TPSA) is 61.4 Å². The van der Waals surface area contributed by atoms with Crippen LogP contribution in [0, 0.1) is 5.82 Å². The van der Waals surface area contributed by atoms with E-state index in [1.54, 1.807) is 30.3 Å². The lowest BCUT2D eigenvalue weighted by Gasteiger charge is -2.28. The molecule has 2 N–H and O–H groups in total. The molecule has 1 aliphatic rings. The van der Waals surface area contributed by atoms with Crippen molar-refractivity contribution >= 4 is 29.1 Å². The molecule has 0 radical (unpaired) electrons. The molecule has 0 bridgehead atoms. The van der Waals surface area contributed by atoms with Gasteiger partial charge in [0.05, 0.1) is 5.70 Å². The third-order valence-electron chi connectivity index (χ3n) is 3.90. The standard InChI is InChI=1S/C19H17ClFN3O2/c20-15-5-3-14(4-6-15)17-9-10-19(26)24(23-17)12-18(25)22-11-13-1-7-16(21)8-2-13/h1-9,23H,10-12H2,(H,22,25). The summed E-state index contributed by atoms with van der Waals surface area (Å²) in [5, 5.41) is 4.62. The van der Waals surface area contributed by atoms with Crippen molar-refractivity contribution in [2.75, 3.05) is 6.54 Å². The van der Waals surface area contributed by atoms with Crippen LogP contribution in [-0.2, 0) is 16.1 Å². The Bertz CT molecular complexity index is 835. The van der Waals surface area contributed by atoms with Crippen molar-refractivity contribution < 1.29 is 14.0 Å². The molecule has 134 valence electrons. The first kappa shape index (κ1) is 17.9. The molecule has 1 heterocycles. The first-order valence-electron chi connectivity index (χ1n) is 8.05. The predicted molar refractivity (Wildman–Crippen MR) is 97.1 cm³/mol. The number of benzene rings is 2. The monoisotopic (exact) mass is 373 g/mol. The molecule has 0 saturated heterocycles. The zero-order chi connectivity index (χ0) is 18.5. The molecule has 0 spiro atoms. The van der Waals surface area contributed by atoms with E-state index in [0.29, 0.717) is 5.02 Å². The minimum Gasteiger partial charge on any atom is -0.350 e. The SMILES string of the molecule is O=C(CN1NC(c2ccc(Cl)cc2)=CCC1=O)NCc1ccc(F)cc1. The number of nitrogens with one attached hydrogen (secondary N) is 2. The molecule has 2 aromatic carbocycles. The molecule has 0 unspecified atom stereocenters. The van der Waals surface area contributed by atoms with Crippen molar-refractivity contribution in [1.29, 1.82) is 0 Å². The van der Waals surface area contributed by atoms with E-state index in [0.717, 1.165) is 16.8 Å². The molecule has 7 heteroatoms. The highest BCUT2D eigenvalue weighted by atomic mass is 35.5. The summed E-state index contributed by atoms with van der Waals surface area (Å²) in [5.41, 5.74) is 5.36. The molecule has 0 aliphatic carbocycles. The molecular formula is C19H17ClFN3O2. The molecule has 3 rings (SSSR count). The van der Waals surface area contributed by atoms with Crippen molar-refractivity contribution in [2.24, 2.45) is 0 Å². The highest BCUT2D eigenvalue weighted by Crippen LogP contribution is 2.19. The number of rotatable bonds is 5. The third kappa shape index (κ3) is 4.61. The molecule has 2 amide bonds. The lowest BCUT2D eigenvalue weighted by Crippen LogP contribution is -2.49. The van der Waals surface area contributed by atoms with Crippen molar-refractivity contribution in [3.63, 3.8) is 0 Å². The molecule has 0 fully saturated rings. The van der Waals surface area contributed by atoms with Crippen LogP contribution in [0.25, 0.3) is 5.70 Å². The summed E-state index contributed by atoms with van der Waals surface area (Å²) in [6.45, 7) is 0.145. The molecular weight excluding hydrogens is 357 g/mol. The van der Waals surface area contributed by atoms with Gasteiger partial charge in [0.1, 0.15) is 12.4 Å². The molecule has 0 saturated carbocycles. The van der Waals surface area contributed by atoms with E-state index in [1.165, 1.54) is 17.1 Å². The van der Waals surface area contributed by atoms with Crippen molar-refractivity contribution in [1.82, 2.24) is 15.8 Å². The Morgan fingerprint density at radius 3 is 2.54 bits per heavy atom. The fourth-order valence-electron chi connectivity index (χ4n) is 2.49. The maximum Gasteiger partial charge on any atom is 0.245 e. The number of hydrogen-bond donors (Lipinski definition) is 2. The zero-order valence-corrected chi connectivity index (χ0v) is 14.6. The molecule has 2 aromatic rings. The van der Waals surface area contributed by atoms with Gasteiger partial charge in [-0.2, -0.15) is 0 Å². The minimum atomic E-state index is -0.329. The zero-order valence-electron chi connectivity index (χ0n) is 13.8. The van der Waals surface area contributed by atoms with Gasteiger partial charge in [-0.1, -0.05) is 35.9 Å². The van der Waals surface area contributed by atoms with Crippen LogP contribution in [0.4, 0.5) is 4.39 Å². The van der Waals surface area contributed by atoms with E-state index in [-0.39, 0.29) is 37.1 Å². The molecule has 0 aromatic heterocycles. The lowest BCUT2D eigenvalue weighted by molar-refractivity contribution is -0.137. The van der Waals surface area contributed by atoms with Crippen molar-refractivity contribution in [2.45, 2.75) is 13.0 Å². The van der Waals surface area contributed by atoms with Gasteiger partial charge in [0.15, 0.2) is 0 Å². The summed E-state index contributed by atoms with van der Waals surface area (Å²) in [5.74, 6) is -0.836. The smallest absolute Gasteiger partial charge is 0.245 e. The van der Waals surface area contributed by atoms with Gasteiger partial charge in [0.2, 0.25) is 11.8 Å². The summed E-state index contributed by atoms with van der Waals surface area (Å²) >= 11 is 5.89. The third-order valence-corrected chi connectivity index (χ3v) is 4.15. The van der Waals surface area contributed by atoms with Crippen molar-refractivity contribution in [3.8, 4) is 0 Å². The Kier molecular flexibility index (Phi) is 5.53. The Morgan fingerprint density at radius 1 is 1.15 bits per heavy atom. The molecule has 26 heavy (non-hydrogen) atoms. The van der Waals surface area contributed by atoms with E-state index in [1.807, 2.05) is 12.1 Å². The second kappa shape index (κ2) is 8.01. The summed E-state index contributed by atoms with van der Waals surface area (Å²) in [7, 11) is 0. The number of hydrogen-bond acceptors (Lipinski definition) is 3. The maximum atomic E-state index is 12.9. The predicted octanol–water partition coefficient (Wildman–Crippen LogP) is 2.87. The van der Waals surface area contributed by atoms with Crippen molar-refractivity contribution in [3.05, 3.63) is 76.6 Å². The van der Waals surface area contributed by atoms with E-state index in [9.17, 15) is 14.0 Å². The van der Waals surface area contributed by atoms with E-state index < -0.39 is 0 Å². The van der Waals surface area contributed by atoms with Crippen LogP contribution in [0.5, 0.6) is 0 Å². The molecule has 5 nitrogen and oxygen atoms in total. The van der Waals surface area contributed by atoms with Gasteiger partial charge in [0.25, 0.3) is 0 Å². The maximum absolute atomic E-state index is 12.9. The second-order valence-corrected chi connectivity index (χ2v) is 6.26. The Hall–Kier alpha value is -2.86. The van der Waals surface area contributed by atoms with Crippen LogP contribution >= 0.6 is 11.6 Å². The summed E-state index contributed by atoms with van der Waals surface area (Å²) < 4.78 is 12.9. The number of hydrazine groups is 1. The van der Waals surface area contributed by atoms with Gasteiger partial charge in [-0.05, 0) is 41.5 Å². The Labute approximate surface area is 155 Å². The van der Waals surface area contributed by atoms with Crippen LogP contribution < -0.4 is 10.7 Å². The average Bonchev–Trinajstić information content (AvgIpc) is 2.64. The summed E-state index contributed by atoms with van der Waals surface area (Å²) in [6, 6.07) is 13.1. The van der Waals surface area contributed by atoms with E-state index in [2.05, 4.69) is 10.7 Å². The largest absolute Gasteiger partial charge is 0.350 e. The normalized spacial score (nSPS) is 13.8. The molecule has 0 atom stereocenters. The second-order valence-electron chi connectivity index (χ2n) is 5.82. The highest BCUT2D eigenvalue weighted by Gasteiger charge is 2.22. The number of carbonyl (C=O) groups is 2.